The third kappa shape index (κ3) is 3.63. The lowest BCUT2D eigenvalue weighted by Crippen LogP contribution is -2.44. The van der Waals surface area contributed by atoms with Gasteiger partial charge in [0.25, 0.3) is 10.2 Å². The maximum atomic E-state index is 12.3. The Kier molecular flexibility index (Phi) is 4.59. The van der Waals surface area contributed by atoms with Crippen LogP contribution in [0.2, 0.25) is 0 Å². The van der Waals surface area contributed by atoms with Gasteiger partial charge < -0.3 is 4.74 Å². The van der Waals surface area contributed by atoms with E-state index in [0.29, 0.717) is 19.6 Å². The van der Waals surface area contributed by atoms with Gasteiger partial charge in [-0.3, -0.25) is 0 Å². The maximum absolute atomic E-state index is 12.3. The largest absolute Gasteiger partial charge is 0.378 e. The predicted molar refractivity (Wildman–Crippen MR) is 81.1 cm³/mol. The van der Waals surface area contributed by atoms with E-state index < -0.39 is 10.2 Å². The molecule has 0 aromatic heterocycles. The number of fused-ring (bicyclic) bond motifs is 1. The lowest BCUT2D eigenvalue weighted by Gasteiger charge is -2.28. The molecule has 1 aromatic rings. The van der Waals surface area contributed by atoms with Gasteiger partial charge in [0.15, 0.2) is 0 Å². The zero-order valence-corrected chi connectivity index (χ0v) is 12.9. The van der Waals surface area contributed by atoms with Crippen molar-refractivity contribution in [2.45, 2.75) is 38.3 Å². The molecule has 1 atom stereocenters. The van der Waals surface area contributed by atoms with Gasteiger partial charge in [0, 0.05) is 26.2 Å². The van der Waals surface area contributed by atoms with Crippen molar-refractivity contribution in [1.29, 1.82) is 0 Å². The summed E-state index contributed by atoms with van der Waals surface area (Å²) in [5, 5.41) is 0. The van der Waals surface area contributed by atoms with E-state index >= 15 is 0 Å². The number of hydrogen-bond acceptors (Lipinski definition) is 3. The molecular weight excluding hydrogens is 288 g/mol. The van der Waals surface area contributed by atoms with Crippen LogP contribution in [0.15, 0.2) is 24.3 Å². The highest BCUT2D eigenvalue weighted by atomic mass is 32.2. The topological polar surface area (TPSA) is 58.6 Å². The molecule has 6 heteroatoms. The molecule has 2 aliphatic rings. The van der Waals surface area contributed by atoms with Gasteiger partial charge >= 0.3 is 0 Å². The van der Waals surface area contributed by atoms with Crippen LogP contribution in [0.1, 0.15) is 30.4 Å². The molecule has 5 nitrogen and oxygen atoms in total. The van der Waals surface area contributed by atoms with E-state index in [2.05, 4.69) is 10.8 Å². The molecule has 2 aliphatic heterocycles. The molecule has 1 aromatic carbocycles. The number of nitrogens with zero attached hydrogens (tertiary/aromatic N) is 1. The molecule has 0 amide bonds. The molecule has 1 N–H and O–H groups in total. The van der Waals surface area contributed by atoms with Crippen molar-refractivity contribution in [1.82, 2.24) is 9.03 Å². The standard InChI is InChI=1S/C15H22N2O3S/c18-21(19,16-9-7-15-6-3-11-20-15)17-10-8-13-4-1-2-5-14(13)12-17/h1-2,4-5,15-16H,3,6-12H2/t15-/m1/s1. The highest BCUT2D eigenvalue weighted by molar-refractivity contribution is 7.87. The van der Waals surface area contributed by atoms with Crippen LogP contribution in [0.25, 0.3) is 0 Å². The predicted octanol–water partition coefficient (Wildman–Crippen LogP) is 1.45. The normalized spacial score (nSPS) is 23.1. The van der Waals surface area contributed by atoms with Crippen LogP contribution in [-0.2, 0) is 27.9 Å². The molecule has 0 saturated carbocycles. The first-order valence-corrected chi connectivity index (χ1v) is 9.02. The number of nitrogens with one attached hydrogen (secondary N) is 1. The maximum Gasteiger partial charge on any atom is 0.279 e. The van der Waals surface area contributed by atoms with Crippen LogP contribution in [0.4, 0.5) is 0 Å². The SMILES string of the molecule is O=S(=O)(NCC[C@H]1CCCO1)N1CCc2ccccc2C1. The van der Waals surface area contributed by atoms with E-state index in [-0.39, 0.29) is 6.10 Å². The molecule has 0 bridgehead atoms. The number of benzene rings is 1. The fourth-order valence-corrected chi connectivity index (χ4v) is 4.19. The van der Waals surface area contributed by atoms with Crippen molar-refractivity contribution >= 4 is 10.2 Å². The van der Waals surface area contributed by atoms with E-state index in [1.54, 1.807) is 0 Å². The summed E-state index contributed by atoms with van der Waals surface area (Å²) in [4.78, 5) is 0. The van der Waals surface area contributed by atoms with E-state index in [1.165, 1.54) is 9.87 Å². The van der Waals surface area contributed by atoms with Gasteiger partial charge in [0.1, 0.15) is 0 Å². The highest BCUT2D eigenvalue weighted by Crippen LogP contribution is 2.20. The first-order valence-electron chi connectivity index (χ1n) is 7.58. The Balaban J connectivity index is 1.55. The lowest BCUT2D eigenvalue weighted by molar-refractivity contribution is 0.105. The van der Waals surface area contributed by atoms with Gasteiger partial charge in [-0.15, -0.1) is 0 Å². The Bertz CT molecular complexity index is 582. The second-order valence-corrected chi connectivity index (χ2v) is 7.43. The monoisotopic (exact) mass is 310 g/mol. The summed E-state index contributed by atoms with van der Waals surface area (Å²) in [6.07, 6.45) is 3.88. The summed E-state index contributed by atoms with van der Waals surface area (Å²) in [6, 6.07) is 8.04. The fourth-order valence-electron chi connectivity index (χ4n) is 2.99. The van der Waals surface area contributed by atoms with Crippen molar-refractivity contribution in [2.75, 3.05) is 19.7 Å². The molecule has 1 fully saturated rings. The quantitative estimate of drug-likeness (QED) is 0.895. The molecule has 3 rings (SSSR count). The van der Waals surface area contributed by atoms with Crippen molar-refractivity contribution in [3.63, 3.8) is 0 Å². The molecule has 21 heavy (non-hydrogen) atoms. The van der Waals surface area contributed by atoms with Crippen molar-refractivity contribution in [3.8, 4) is 0 Å². The van der Waals surface area contributed by atoms with Crippen LogP contribution in [0, 0.1) is 0 Å². The third-order valence-corrected chi connectivity index (χ3v) is 5.77. The molecule has 116 valence electrons. The van der Waals surface area contributed by atoms with E-state index in [4.69, 9.17) is 4.74 Å². The van der Waals surface area contributed by atoms with Crippen molar-refractivity contribution in [3.05, 3.63) is 35.4 Å². The Hall–Kier alpha value is -0.950. The first-order chi connectivity index (χ1) is 10.1. The van der Waals surface area contributed by atoms with Gasteiger partial charge in [0.05, 0.1) is 6.10 Å². The van der Waals surface area contributed by atoms with Gasteiger partial charge in [-0.25, -0.2) is 4.72 Å². The summed E-state index contributed by atoms with van der Waals surface area (Å²) in [7, 11) is -3.39. The Morgan fingerprint density at radius 2 is 2.10 bits per heavy atom. The van der Waals surface area contributed by atoms with Crippen LogP contribution in [0.3, 0.4) is 0 Å². The molecule has 0 unspecified atom stereocenters. The minimum Gasteiger partial charge on any atom is -0.378 e. The van der Waals surface area contributed by atoms with Gasteiger partial charge in [0.2, 0.25) is 0 Å². The van der Waals surface area contributed by atoms with E-state index in [1.807, 2.05) is 18.2 Å². The van der Waals surface area contributed by atoms with Gasteiger partial charge in [-0.05, 0) is 36.8 Å². The van der Waals surface area contributed by atoms with E-state index in [9.17, 15) is 8.42 Å². The van der Waals surface area contributed by atoms with Gasteiger partial charge in [-0.1, -0.05) is 24.3 Å². The summed E-state index contributed by atoms with van der Waals surface area (Å²) in [5.74, 6) is 0. The molecule has 0 aliphatic carbocycles. The minimum atomic E-state index is -3.39. The average molecular weight is 310 g/mol. The highest BCUT2D eigenvalue weighted by Gasteiger charge is 2.26. The molecule has 2 heterocycles. The smallest absolute Gasteiger partial charge is 0.279 e. The summed E-state index contributed by atoms with van der Waals surface area (Å²) in [5.41, 5.74) is 2.36. The Morgan fingerprint density at radius 3 is 2.86 bits per heavy atom. The van der Waals surface area contributed by atoms with Crippen LogP contribution < -0.4 is 4.72 Å². The van der Waals surface area contributed by atoms with E-state index in [0.717, 1.165) is 37.9 Å². The third-order valence-electron chi connectivity index (χ3n) is 4.21. The number of hydrogen-bond donors (Lipinski definition) is 1. The lowest BCUT2D eigenvalue weighted by atomic mass is 10.0. The van der Waals surface area contributed by atoms with Crippen molar-refractivity contribution < 1.29 is 13.2 Å². The van der Waals surface area contributed by atoms with Crippen LogP contribution in [-0.4, -0.2) is 38.5 Å². The zero-order valence-electron chi connectivity index (χ0n) is 12.1. The van der Waals surface area contributed by atoms with Crippen molar-refractivity contribution in [2.24, 2.45) is 0 Å². The second-order valence-electron chi connectivity index (χ2n) is 5.68. The number of ether oxygens (including phenoxy) is 1. The second kappa shape index (κ2) is 6.44. The van der Waals surface area contributed by atoms with Crippen LogP contribution >= 0.6 is 0 Å². The fraction of sp³-hybridized carbons (Fsp3) is 0.600. The zero-order chi connectivity index (χ0) is 14.7. The minimum absolute atomic E-state index is 0.217. The van der Waals surface area contributed by atoms with Gasteiger partial charge in [-0.2, -0.15) is 12.7 Å². The molecule has 0 spiro atoms. The number of rotatable bonds is 5. The summed E-state index contributed by atoms with van der Waals surface area (Å²) >= 11 is 0. The molecule has 1 saturated heterocycles. The van der Waals surface area contributed by atoms with Crippen LogP contribution in [0.5, 0.6) is 0 Å². The summed E-state index contributed by atoms with van der Waals surface area (Å²) < 4.78 is 34.4. The Labute approximate surface area is 126 Å². The average Bonchev–Trinajstić information content (AvgIpc) is 3.00. The first kappa shape index (κ1) is 15.0. The molecule has 0 radical (unpaired) electrons. The Morgan fingerprint density at radius 1 is 1.29 bits per heavy atom. The summed E-state index contributed by atoms with van der Waals surface area (Å²) in [6.45, 7) is 2.27. The molecular formula is C15H22N2O3S.